The number of ether oxygens (including phenoxy) is 1. The second-order valence-corrected chi connectivity index (χ2v) is 5.37. The first-order valence-corrected chi connectivity index (χ1v) is 7.35. The molecule has 0 aliphatic rings. The Balaban J connectivity index is 2.00. The van der Waals surface area contributed by atoms with E-state index in [1.807, 2.05) is 80.6 Å². The molecular weight excluding hydrogens is 274 g/mol. The zero-order chi connectivity index (χ0) is 15.8. The van der Waals surface area contributed by atoms with Gasteiger partial charge in [0.15, 0.2) is 0 Å². The summed E-state index contributed by atoms with van der Waals surface area (Å²) in [6.45, 7) is 3.99. The quantitative estimate of drug-likeness (QED) is 0.804. The summed E-state index contributed by atoms with van der Waals surface area (Å²) in [6, 6.07) is 19.3. The Morgan fingerprint density at radius 2 is 1.64 bits per heavy atom. The van der Waals surface area contributed by atoms with Gasteiger partial charge in [0.05, 0.1) is 0 Å². The molecule has 0 bridgehead atoms. The SMILES string of the molecule is CC(C)=C[C@@H](Cc1ccccc1)OC(=O)Nc1ccccc1. The van der Waals surface area contributed by atoms with Gasteiger partial charge in [0.2, 0.25) is 0 Å². The molecular formula is C19H21NO2. The van der Waals surface area contributed by atoms with Gasteiger partial charge in [-0.1, -0.05) is 54.1 Å². The first kappa shape index (κ1) is 15.8. The second-order valence-electron chi connectivity index (χ2n) is 5.37. The summed E-state index contributed by atoms with van der Waals surface area (Å²) in [4.78, 5) is 12.0. The van der Waals surface area contributed by atoms with E-state index in [-0.39, 0.29) is 6.10 Å². The highest BCUT2D eigenvalue weighted by Gasteiger charge is 2.13. The van der Waals surface area contributed by atoms with Gasteiger partial charge in [-0.05, 0) is 37.6 Å². The van der Waals surface area contributed by atoms with E-state index in [4.69, 9.17) is 4.74 Å². The number of allylic oxidation sites excluding steroid dienone is 1. The molecule has 114 valence electrons. The van der Waals surface area contributed by atoms with Gasteiger partial charge in [0, 0.05) is 12.1 Å². The highest BCUT2D eigenvalue weighted by Crippen LogP contribution is 2.12. The first-order chi connectivity index (χ1) is 10.6. The Morgan fingerprint density at radius 1 is 1.05 bits per heavy atom. The van der Waals surface area contributed by atoms with Crippen LogP contribution in [0.5, 0.6) is 0 Å². The molecule has 0 saturated carbocycles. The zero-order valence-electron chi connectivity index (χ0n) is 13.0. The number of carbonyl (C=O) groups is 1. The number of nitrogens with one attached hydrogen (secondary N) is 1. The molecule has 22 heavy (non-hydrogen) atoms. The number of hydrogen-bond donors (Lipinski definition) is 1. The van der Waals surface area contributed by atoms with Gasteiger partial charge in [-0.15, -0.1) is 0 Å². The van der Waals surface area contributed by atoms with Crippen molar-refractivity contribution in [3.63, 3.8) is 0 Å². The summed E-state index contributed by atoms with van der Waals surface area (Å²) in [5.74, 6) is 0. The van der Waals surface area contributed by atoms with Gasteiger partial charge in [-0.3, -0.25) is 5.32 Å². The number of para-hydroxylation sites is 1. The molecule has 1 atom stereocenters. The molecule has 0 spiro atoms. The van der Waals surface area contributed by atoms with Crippen molar-refractivity contribution >= 4 is 11.8 Å². The molecule has 3 heteroatoms. The topological polar surface area (TPSA) is 38.3 Å². The van der Waals surface area contributed by atoms with E-state index >= 15 is 0 Å². The zero-order valence-corrected chi connectivity index (χ0v) is 13.0. The molecule has 0 aromatic heterocycles. The van der Waals surface area contributed by atoms with Crippen molar-refractivity contribution in [1.82, 2.24) is 0 Å². The normalized spacial score (nSPS) is 11.4. The number of amides is 1. The lowest BCUT2D eigenvalue weighted by Gasteiger charge is -2.16. The fourth-order valence-corrected chi connectivity index (χ4v) is 2.16. The van der Waals surface area contributed by atoms with Crippen LogP contribution in [0.4, 0.5) is 10.5 Å². The molecule has 0 aliphatic carbocycles. The number of benzene rings is 2. The molecule has 1 amide bonds. The third kappa shape index (κ3) is 5.44. The van der Waals surface area contributed by atoms with E-state index in [0.29, 0.717) is 6.42 Å². The summed E-state index contributed by atoms with van der Waals surface area (Å²) in [5, 5.41) is 2.74. The molecule has 0 heterocycles. The van der Waals surface area contributed by atoms with Gasteiger partial charge in [0.1, 0.15) is 6.10 Å². The minimum absolute atomic E-state index is 0.281. The van der Waals surface area contributed by atoms with Crippen LogP contribution in [-0.2, 0) is 11.2 Å². The van der Waals surface area contributed by atoms with Crippen molar-refractivity contribution < 1.29 is 9.53 Å². The van der Waals surface area contributed by atoms with Crippen molar-refractivity contribution in [2.45, 2.75) is 26.4 Å². The van der Waals surface area contributed by atoms with Crippen LogP contribution in [0.1, 0.15) is 19.4 Å². The van der Waals surface area contributed by atoms with E-state index in [0.717, 1.165) is 16.8 Å². The fourth-order valence-electron chi connectivity index (χ4n) is 2.16. The number of rotatable bonds is 5. The second kappa shape index (κ2) is 8.03. The molecule has 0 unspecified atom stereocenters. The molecule has 2 aromatic rings. The number of carbonyl (C=O) groups excluding carboxylic acids is 1. The van der Waals surface area contributed by atoms with E-state index in [9.17, 15) is 4.79 Å². The van der Waals surface area contributed by atoms with Crippen LogP contribution in [-0.4, -0.2) is 12.2 Å². The Kier molecular flexibility index (Phi) is 5.78. The minimum atomic E-state index is -0.440. The third-order valence-electron chi connectivity index (χ3n) is 3.08. The van der Waals surface area contributed by atoms with Crippen LogP contribution in [0.25, 0.3) is 0 Å². The van der Waals surface area contributed by atoms with E-state index in [1.54, 1.807) is 0 Å². The lowest BCUT2D eigenvalue weighted by molar-refractivity contribution is 0.133. The Bertz CT molecular complexity index is 616. The largest absolute Gasteiger partial charge is 0.441 e. The standard InChI is InChI=1S/C19H21NO2/c1-15(2)13-18(14-16-9-5-3-6-10-16)22-19(21)20-17-11-7-4-8-12-17/h3-13,18H,14H2,1-2H3,(H,20,21)/t18-/m0/s1. The maximum atomic E-state index is 12.0. The summed E-state index contributed by atoms with van der Waals surface area (Å²) >= 11 is 0. The minimum Gasteiger partial charge on any atom is -0.441 e. The summed E-state index contributed by atoms with van der Waals surface area (Å²) < 4.78 is 5.54. The summed E-state index contributed by atoms with van der Waals surface area (Å²) in [7, 11) is 0. The highest BCUT2D eigenvalue weighted by atomic mass is 16.6. The Labute approximate surface area is 131 Å². The average Bonchev–Trinajstić information content (AvgIpc) is 2.48. The first-order valence-electron chi connectivity index (χ1n) is 7.35. The molecule has 0 fully saturated rings. The smallest absolute Gasteiger partial charge is 0.412 e. The lowest BCUT2D eigenvalue weighted by atomic mass is 10.1. The van der Waals surface area contributed by atoms with Crippen molar-refractivity contribution in [3.8, 4) is 0 Å². The molecule has 3 nitrogen and oxygen atoms in total. The maximum Gasteiger partial charge on any atom is 0.412 e. The molecule has 0 radical (unpaired) electrons. The maximum absolute atomic E-state index is 12.0. The molecule has 0 aliphatic heterocycles. The van der Waals surface area contributed by atoms with E-state index < -0.39 is 6.09 Å². The van der Waals surface area contributed by atoms with Gasteiger partial charge >= 0.3 is 6.09 Å². The molecule has 2 rings (SSSR count). The van der Waals surface area contributed by atoms with Crippen LogP contribution in [0.3, 0.4) is 0 Å². The van der Waals surface area contributed by atoms with Crippen molar-refractivity contribution in [2.24, 2.45) is 0 Å². The Hall–Kier alpha value is -2.55. The van der Waals surface area contributed by atoms with Crippen LogP contribution in [0.2, 0.25) is 0 Å². The Morgan fingerprint density at radius 3 is 2.23 bits per heavy atom. The number of hydrogen-bond acceptors (Lipinski definition) is 2. The van der Waals surface area contributed by atoms with E-state index in [1.165, 1.54) is 0 Å². The lowest BCUT2D eigenvalue weighted by Crippen LogP contribution is -2.23. The molecule has 1 N–H and O–H groups in total. The average molecular weight is 295 g/mol. The van der Waals surface area contributed by atoms with Crippen LogP contribution in [0, 0.1) is 0 Å². The molecule has 0 saturated heterocycles. The fraction of sp³-hybridized carbons (Fsp3) is 0.211. The van der Waals surface area contributed by atoms with Gasteiger partial charge in [-0.2, -0.15) is 0 Å². The van der Waals surface area contributed by atoms with Crippen LogP contribution in [0.15, 0.2) is 72.3 Å². The monoisotopic (exact) mass is 295 g/mol. The van der Waals surface area contributed by atoms with Gasteiger partial charge in [-0.25, -0.2) is 4.79 Å². The van der Waals surface area contributed by atoms with Gasteiger partial charge < -0.3 is 4.74 Å². The van der Waals surface area contributed by atoms with Crippen LogP contribution >= 0.6 is 0 Å². The van der Waals surface area contributed by atoms with E-state index in [2.05, 4.69) is 5.32 Å². The summed E-state index contributed by atoms with van der Waals surface area (Å²) in [5.41, 5.74) is 2.98. The van der Waals surface area contributed by atoms with Crippen molar-refractivity contribution in [3.05, 3.63) is 77.9 Å². The van der Waals surface area contributed by atoms with Crippen molar-refractivity contribution in [1.29, 1.82) is 0 Å². The predicted octanol–water partition coefficient (Wildman–Crippen LogP) is 4.81. The van der Waals surface area contributed by atoms with Gasteiger partial charge in [0.25, 0.3) is 0 Å². The highest BCUT2D eigenvalue weighted by molar-refractivity contribution is 5.84. The summed E-state index contributed by atoms with van der Waals surface area (Å²) in [6.07, 6.45) is 1.91. The molecule has 2 aromatic carbocycles. The van der Waals surface area contributed by atoms with Crippen molar-refractivity contribution in [2.75, 3.05) is 5.32 Å². The van der Waals surface area contributed by atoms with Crippen LogP contribution < -0.4 is 5.32 Å². The number of anilines is 1. The third-order valence-corrected chi connectivity index (χ3v) is 3.08. The predicted molar refractivity (Wildman–Crippen MR) is 89.9 cm³/mol.